The maximum absolute atomic E-state index is 5.48. The Labute approximate surface area is 63.6 Å². The van der Waals surface area contributed by atoms with E-state index in [1.54, 1.807) is 0 Å². The number of nitrogens with zero attached hydrogens (tertiary/aromatic N) is 1. The Balaban J connectivity index is 3.56. The second kappa shape index (κ2) is 3.74. The molecule has 0 saturated carbocycles. The highest BCUT2D eigenvalue weighted by Gasteiger charge is 2.12. The summed E-state index contributed by atoms with van der Waals surface area (Å²) in [6.07, 6.45) is 0. The Hall–Kier alpha value is -0.340. The molecule has 10 heavy (non-hydrogen) atoms. The molecule has 0 N–H and O–H groups in total. The smallest absolute Gasteiger partial charge is 0.127 e. The first kappa shape index (κ1) is 9.66. The highest BCUT2D eigenvalue weighted by atomic mass is 16.7. The van der Waals surface area contributed by atoms with Crippen molar-refractivity contribution in [2.24, 2.45) is 0 Å². The summed E-state index contributed by atoms with van der Waals surface area (Å²) in [6.45, 7) is 9.45. The molecule has 0 spiro atoms. The van der Waals surface area contributed by atoms with Crippen LogP contribution in [-0.2, 0) is 4.84 Å². The molecule has 0 rings (SSSR count). The molecule has 0 heterocycles. The quantitative estimate of drug-likeness (QED) is 0.331. The van der Waals surface area contributed by atoms with E-state index in [-0.39, 0.29) is 0 Å². The average Bonchev–Trinajstić information content (AvgIpc) is 1.85. The van der Waals surface area contributed by atoms with Gasteiger partial charge in [0.2, 0.25) is 0 Å². The molecule has 2 heteroatoms. The van der Waals surface area contributed by atoms with E-state index in [1.807, 2.05) is 21.0 Å². The summed E-state index contributed by atoms with van der Waals surface area (Å²) in [5, 5.41) is 0. The van der Waals surface area contributed by atoms with Crippen LogP contribution in [0.5, 0.6) is 0 Å². The van der Waals surface area contributed by atoms with Gasteiger partial charge in [0, 0.05) is 0 Å². The van der Waals surface area contributed by atoms with Crippen LogP contribution >= 0.6 is 0 Å². The molecule has 0 bridgehead atoms. The topological polar surface area (TPSA) is 9.23 Å². The first-order valence-corrected chi connectivity index (χ1v) is 3.60. The molecule has 2 nitrogen and oxygen atoms in total. The van der Waals surface area contributed by atoms with Gasteiger partial charge in [-0.2, -0.15) is 9.48 Å². The van der Waals surface area contributed by atoms with Gasteiger partial charge in [0.25, 0.3) is 0 Å². The lowest BCUT2D eigenvalue weighted by atomic mass is 10.4. The summed E-state index contributed by atoms with van der Waals surface area (Å²) in [7, 11) is 4.06. The third-order valence-corrected chi connectivity index (χ3v) is 1.42. The van der Waals surface area contributed by atoms with E-state index in [1.165, 1.54) is 0 Å². The number of hydroxylamine groups is 3. The Morgan fingerprint density at radius 3 is 2.30 bits per heavy atom. The summed E-state index contributed by atoms with van der Waals surface area (Å²) in [6, 6.07) is 0. The summed E-state index contributed by atoms with van der Waals surface area (Å²) < 4.78 is 0.604. The van der Waals surface area contributed by atoms with E-state index >= 15 is 0 Å². The van der Waals surface area contributed by atoms with Crippen molar-refractivity contribution in [2.45, 2.75) is 13.8 Å². The predicted octanol–water partition coefficient (Wildman–Crippen LogP) is 1.59. The van der Waals surface area contributed by atoms with Crippen LogP contribution in [0.1, 0.15) is 13.8 Å². The number of rotatable bonds is 4. The Morgan fingerprint density at radius 1 is 1.50 bits per heavy atom. The lowest BCUT2D eigenvalue weighted by Gasteiger charge is -2.24. The van der Waals surface area contributed by atoms with Gasteiger partial charge in [-0.25, -0.2) is 0 Å². The minimum absolute atomic E-state index is 0.604. The van der Waals surface area contributed by atoms with Crippen LogP contribution in [0.25, 0.3) is 0 Å². The maximum Gasteiger partial charge on any atom is 0.127 e. The van der Waals surface area contributed by atoms with E-state index in [4.69, 9.17) is 4.84 Å². The molecule has 0 aromatic carbocycles. The van der Waals surface area contributed by atoms with Crippen LogP contribution in [0.4, 0.5) is 0 Å². The van der Waals surface area contributed by atoms with E-state index in [0.717, 1.165) is 12.1 Å². The summed E-state index contributed by atoms with van der Waals surface area (Å²) >= 11 is 0. The van der Waals surface area contributed by atoms with Crippen molar-refractivity contribution in [1.29, 1.82) is 0 Å². The lowest BCUT2D eigenvalue weighted by Crippen LogP contribution is -2.39. The van der Waals surface area contributed by atoms with Crippen LogP contribution in [0.2, 0.25) is 0 Å². The molecular formula is C8H18NO+. The van der Waals surface area contributed by atoms with Gasteiger partial charge in [0.05, 0.1) is 14.1 Å². The van der Waals surface area contributed by atoms with Crippen LogP contribution in [-0.4, -0.2) is 31.9 Å². The molecule has 0 fully saturated rings. The first-order chi connectivity index (χ1) is 4.48. The molecule has 0 aliphatic carbocycles. The molecule has 0 radical (unpaired) electrons. The van der Waals surface area contributed by atoms with Gasteiger partial charge in [0.1, 0.15) is 13.2 Å². The minimum Gasteiger partial charge on any atom is -0.199 e. The molecule has 0 aromatic rings. The first-order valence-electron chi connectivity index (χ1n) is 3.60. The molecule has 60 valence electrons. The Morgan fingerprint density at radius 2 is 2.00 bits per heavy atom. The van der Waals surface area contributed by atoms with Gasteiger partial charge in [-0.15, -0.1) is 0 Å². The molecular weight excluding hydrogens is 126 g/mol. The standard InChI is InChI=1S/C8H18NO/c1-6-9(4,5)10-7-8(2)3/h2,6-7H2,1,3-5H3/q+1. The van der Waals surface area contributed by atoms with Crippen molar-refractivity contribution in [3.05, 3.63) is 12.2 Å². The molecule has 0 aliphatic heterocycles. The molecule has 0 aromatic heterocycles. The largest absolute Gasteiger partial charge is 0.199 e. The third kappa shape index (κ3) is 4.53. The fraction of sp³-hybridized carbons (Fsp3) is 0.750. The van der Waals surface area contributed by atoms with Crippen molar-refractivity contribution in [2.75, 3.05) is 27.2 Å². The van der Waals surface area contributed by atoms with Gasteiger partial charge in [0.15, 0.2) is 0 Å². The van der Waals surface area contributed by atoms with Gasteiger partial charge in [-0.05, 0) is 19.4 Å². The van der Waals surface area contributed by atoms with Crippen molar-refractivity contribution < 1.29 is 9.48 Å². The van der Waals surface area contributed by atoms with Crippen molar-refractivity contribution in [3.8, 4) is 0 Å². The highest BCUT2D eigenvalue weighted by molar-refractivity contribution is 4.86. The van der Waals surface area contributed by atoms with Crippen molar-refractivity contribution >= 4 is 0 Å². The van der Waals surface area contributed by atoms with E-state index < -0.39 is 0 Å². The van der Waals surface area contributed by atoms with Crippen LogP contribution in [0.3, 0.4) is 0 Å². The summed E-state index contributed by atoms with van der Waals surface area (Å²) in [4.78, 5) is 5.48. The number of hydrogen-bond donors (Lipinski definition) is 0. The normalized spacial score (nSPS) is 11.6. The lowest BCUT2D eigenvalue weighted by molar-refractivity contribution is -1.07. The second-order valence-electron chi connectivity index (χ2n) is 3.12. The Kier molecular flexibility index (Phi) is 3.61. The van der Waals surface area contributed by atoms with Gasteiger partial charge < -0.3 is 0 Å². The van der Waals surface area contributed by atoms with Gasteiger partial charge >= 0.3 is 0 Å². The van der Waals surface area contributed by atoms with E-state index in [0.29, 0.717) is 11.3 Å². The maximum atomic E-state index is 5.48. The fourth-order valence-corrected chi connectivity index (χ4v) is 0.376. The summed E-state index contributed by atoms with van der Waals surface area (Å²) in [5.41, 5.74) is 1.07. The fourth-order valence-electron chi connectivity index (χ4n) is 0.376. The molecule has 0 aliphatic rings. The molecule has 0 saturated heterocycles. The third-order valence-electron chi connectivity index (χ3n) is 1.42. The molecule has 0 atom stereocenters. The van der Waals surface area contributed by atoms with Crippen molar-refractivity contribution in [1.82, 2.24) is 0 Å². The van der Waals surface area contributed by atoms with Crippen LogP contribution in [0, 0.1) is 0 Å². The highest BCUT2D eigenvalue weighted by Crippen LogP contribution is 1.99. The second-order valence-corrected chi connectivity index (χ2v) is 3.12. The van der Waals surface area contributed by atoms with E-state index in [9.17, 15) is 0 Å². The van der Waals surface area contributed by atoms with Crippen LogP contribution in [0.15, 0.2) is 12.2 Å². The van der Waals surface area contributed by atoms with Gasteiger partial charge in [-0.1, -0.05) is 6.58 Å². The number of hydrogen-bond acceptors (Lipinski definition) is 1. The molecule has 0 amide bonds. The minimum atomic E-state index is 0.604. The van der Waals surface area contributed by atoms with Crippen LogP contribution < -0.4 is 0 Å². The average molecular weight is 144 g/mol. The van der Waals surface area contributed by atoms with Crippen molar-refractivity contribution in [3.63, 3.8) is 0 Å². The molecule has 0 unspecified atom stereocenters. The Bertz CT molecular complexity index is 118. The zero-order chi connectivity index (χ0) is 8.20. The van der Waals surface area contributed by atoms with E-state index in [2.05, 4.69) is 13.5 Å². The number of quaternary nitrogens is 1. The summed E-state index contributed by atoms with van der Waals surface area (Å²) in [5.74, 6) is 0. The predicted molar refractivity (Wildman–Crippen MR) is 43.4 cm³/mol. The zero-order valence-electron chi connectivity index (χ0n) is 7.48. The zero-order valence-corrected chi connectivity index (χ0v) is 7.48. The SMILES string of the molecule is C=C(C)CO[N+](C)(C)CC. The van der Waals surface area contributed by atoms with Gasteiger partial charge in [-0.3, -0.25) is 0 Å². The monoisotopic (exact) mass is 144 g/mol.